The number of carbonyl (C=O) groups is 1. The molecule has 1 unspecified atom stereocenters. The minimum Gasteiger partial charge on any atom is -0.316 e. The fourth-order valence-corrected chi connectivity index (χ4v) is 7.13. The van der Waals surface area contributed by atoms with Crippen LogP contribution in [0, 0.1) is 11.8 Å². The number of likely N-dealkylation sites (tertiary alicyclic amines) is 1. The first-order valence-electron chi connectivity index (χ1n) is 9.62. The van der Waals surface area contributed by atoms with Crippen LogP contribution in [0.5, 0.6) is 0 Å². The molecule has 2 aliphatic heterocycles. The molecule has 1 aliphatic carbocycles. The van der Waals surface area contributed by atoms with Gasteiger partial charge in [-0.05, 0) is 62.3 Å². The highest BCUT2D eigenvalue weighted by Gasteiger charge is 2.37. The summed E-state index contributed by atoms with van der Waals surface area (Å²) in [7, 11) is -3.40. The highest BCUT2D eigenvalue weighted by molar-refractivity contribution is 7.91. The third-order valence-electron chi connectivity index (χ3n) is 5.93. The molecular weight excluding hydrogens is 368 g/mol. The van der Waals surface area contributed by atoms with Crippen LogP contribution in [0.1, 0.15) is 44.9 Å². The van der Waals surface area contributed by atoms with Gasteiger partial charge in [-0.3, -0.25) is 4.79 Å². The van der Waals surface area contributed by atoms with E-state index in [1.165, 1.54) is 36.3 Å². The van der Waals surface area contributed by atoms with E-state index in [2.05, 4.69) is 6.08 Å². The first-order valence-corrected chi connectivity index (χ1v) is 11.9. The van der Waals surface area contributed by atoms with Gasteiger partial charge in [0, 0.05) is 31.2 Å². The van der Waals surface area contributed by atoms with Crippen LogP contribution in [0.25, 0.3) is 0 Å². The summed E-state index contributed by atoms with van der Waals surface area (Å²) in [6.45, 7) is 1.70. The summed E-state index contributed by atoms with van der Waals surface area (Å²) in [6, 6.07) is 3.42. The third kappa shape index (κ3) is 3.37. The third-order valence-corrected chi connectivity index (χ3v) is 9.20. The van der Waals surface area contributed by atoms with Gasteiger partial charge in [-0.2, -0.15) is 4.31 Å². The number of thiophene rings is 1. The van der Waals surface area contributed by atoms with Crippen LogP contribution in [0.2, 0.25) is 0 Å². The van der Waals surface area contributed by atoms with Gasteiger partial charge in [-0.1, -0.05) is 12.1 Å². The second-order valence-corrected chi connectivity index (χ2v) is 10.6. The van der Waals surface area contributed by atoms with Crippen molar-refractivity contribution in [2.24, 2.45) is 11.8 Å². The Balaban J connectivity index is 1.42. The number of fused-ring (bicyclic) bond motifs is 1. The summed E-state index contributed by atoms with van der Waals surface area (Å²) in [5.74, 6) is 0.725. The average molecular weight is 395 g/mol. The molecule has 0 aromatic carbocycles. The van der Waals surface area contributed by atoms with Crippen LogP contribution in [0.3, 0.4) is 0 Å². The monoisotopic (exact) mass is 394 g/mol. The van der Waals surface area contributed by atoms with Crippen molar-refractivity contribution in [3.8, 4) is 0 Å². The Kier molecular flexibility index (Phi) is 5.21. The van der Waals surface area contributed by atoms with Crippen LogP contribution in [-0.4, -0.2) is 43.2 Å². The van der Waals surface area contributed by atoms with E-state index in [1.54, 1.807) is 21.8 Å². The van der Waals surface area contributed by atoms with E-state index in [0.717, 1.165) is 19.4 Å². The number of allylic oxidation sites excluding steroid dienone is 2. The lowest BCUT2D eigenvalue weighted by molar-refractivity contribution is -0.136. The van der Waals surface area contributed by atoms with E-state index in [9.17, 15) is 13.2 Å². The van der Waals surface area contributed by atoms with Gasteiger partial charge in [0.15, 0.2) is 0 Å². The van der Waals surface area contributed by atoms with Crippen LogP contribution in [0.15, 0.2) is 33.5 Å². The molecule has 0 radical (unpaired) electrons. The number of nitrogens with zero attached hydrogens (tertiary/aromatic N) is 2. The van der Waals surface area contributed by atoms with Gasteiger partial charge in [0.2, 0.25) is 5.91 Å². The molecule has 1 aromatic rings. The molecule has 4 rings (SSSR count). The molecule has 0 saturated carbocycles. The molecule has 142 valence electrons. The quantitative estimate of drug-likeness (QED) is 0.789. The minimum absolute atomic E-state index is 0.0497. The summed E-state index contributed by atoms with van der Waals surface area (Å²) in [4.78, 5) is 15.1. The van der Waals surface area contributed by atoms with Gasteiger partial charge in [-0.15, -0.1) is 11.3 Å². The fourth-order valence-electron chi connectivity index (χ4n) is 4.51. The minimum atomic E-state index is -3.40. The van der Waals surface area contributed by atoms with Crippen LogP contribution >= 0.6 is 11.3 Å². The standard InChI is InChI=1S/C19H26N2O3S2/c22-19(21-11-3-6-15-5-1-2-7-17(15)21)16-9-12-20(13-10-16)26(23,24)18-8-4-14-25-18/h4,7-8,14-16H,1-3,5-6,9-13H2. The molecule has 3 aliphatic rings. The largest absolute Gasteiger partial charge is 0.316 e. The summed E-state index contributed by atoms with van der Waals surface area (Å²) in [5.41, 5.74) is 1.25. The number of piperidine rings is 2. The Morgan fingerprint density at radius 3 is 2.58 bits per heavy atom. The van der Waals surface area contributed by atoms with Crippen LogP contribution in [0.4, 0.5) is 0 Å². The Bertz CT molecular complexity index is 778. The van der Waals surface area contributed by atoms with E-state index in [4.69, 9.17) is 0 Å². The van der Waals surface area contributed by atoms with Crippen LogP contribution in [-0.2, 0) is 14.8 Å². The second kappa shape index (κ2) is 7.44. The normalized spacial score (nSPS) is 25.6. The maximum Gasteiger partial charge on any atom is 0.252 e. The molecular formula is C19H26N2O3S2. The van der Waals surface area contributed by atoms with Crippen molar-refractivity contribution >= 4 is 27.3 Å². The van der Waals surface area contributed by atoms with Crippen LogP contribution < -0.4 is 0 Å². The number of carbonyl (C=O) groups excluding carboxylic acids is 1. The van der Waals surface area contributed by atoms with Crippen molar-refractivity contribution in [2.75, 3.05) is 19.6 Å². The SMILES string of the molecule is O=C(C1CCN(S(=O)(=O)c2cccs2)CC1)N1CCCC2CCCC=C21. The number of amides is 1. The molecule has 26 heavy (non-hydrogen) atoms. The van der Waals surface area contributed by atoms with E-state index in [-0.39, 0.29) is 11.8 Å². The number of hydrogen-bond acceptors (Lipinski definition) is 4. The number of hydrogen-bond donors (Lipinski definition) is 0. The second-order valence-electron chi connectivity index (χ2n) is 7.50. The van der Waals surface area contributed by atoms with E-state index >= 15 is 0 Å². The molecule has 1 atom stereocenters. The number of rotatable bonds is 3. The van der Waals surface area contributed by atoms with Gasteiger partial charge >= 0.3 is 0 Å². The highest BCUT2D eigenvalue weighted by atomic mass is 32.2. The van der Waals surface area contributed by atoms with Crippen molar-refractivity contribution in [3.63, 3.8) is 0 Å². The molecule has 1 aromatic heterocycles. The van der Waals surface area contributed by atoms with Crippen molar-refractivity contribution in [2.45, 2.75) is 49.2 Å². The molecule has 5 nitrogen and oxygen atoms in total. The molecule has 2 saturated heterocycles. The van der Waals surface area contributed by atoms with Gasteiger partial charge in [-0.25, -0.2) is 8.42 Å². The Morgan fingerprint density at radius 2 is 1.85 bits per heavy atom. The zero-order valence-corrected chi connectivity index (χ0v) is 16.6. The van der Waals surface area contributed by atoms with Crippen molar-refractivity contribution in [1.82, 2.24) is 9.21 Å². The van der Waals surface area contributed by atoms with E-state index < -0.39 is 10.0 Å². The van der Waals surface area contributed by atoms with Crippen molar-refractivity contribution < 1.29 is 13.2 Å². The van der Waals surface area contributed by atoms with Gasteiger partial charge < -0.3 is 4.90 Å². The van der Waals surface area contributed by atoms with E-state index in [1.807, 2.05) is 4.90 Å². The lowest BCUT2D eigenvalue weighted by Crippen LogP contribution is -2.46. The van der Waals surface area contributed by atoms with Gasteiger partial charge in [0.25, 0.3) is 10.0 Å². The molecule has 0 spiro atoms. The Labute approximate surface area is 159 Å². The van der Waals surface area contributed by atoms with Gasteiger partial charge in [0.05, 0.1) is 0 Å². The molecule has 2 fully saturated rings. The van der Waals surface area contributed by atoms with E-state index in [0.29, 0.717) is 36.1 Å². The lowest BCUT2D eigenvalue weighted by atomic mass is 9.84. The summed E-state index contributed by atoms with van der Waals surface area (Å²) in [6.07, 6.45) is 9.30. The first kappa shape index (κ1) is 18.2. The smallest absolute Gasteiger partial charge is 0.252 e. The van der Waals surface area contributed by atoms with Gasteiger partial charge in [0.1, 0.15) is 4.21 Å². The predicted molar refractivity (Wildman–Crippen MR) is 102 cm³/mol. The topological polar surface area (TPSA) is 57.7 Å². The molecule has 3 heterocycles. The molecule has 0 N–H and O–H groups in total. The zero-order chi connectivity index (χ0) is 18.1. The summed E-state index contributed by atoms with van der Waals surface area (Å²) >= 11 is 1.25. The summed E-state index contributed by atoms with van der Waals surface area (Å²) < 4.78 is 27.2. The summed E-state index contributed by atoms with van der Waals surface area (Å²) in [5, 5.41) is 1.79. The Morgan fingerprint density at radius 1 is 1.08 bits per heavy atom. The molecule has 0 bridgehead atoms. The first-order chi connectivity index (χ1) is 12.6. The Hall–Kier alpha value is -1.18. The lowest BCUT2D eigenvalue weighted by Gasteiger charge is -2.40. The highest BCUT2D eigenvalue weighted by Crippen LogP contribution is 2.37. The maximum atomic E-state index is 13.1. The zero-order valence-electron chi connectivity index (χ0n) is 15.0. The maximum absolute atomic E-state index is 13.1. The predicted octanol–water partition coefficient (Wildman–Crippen LogP) is 3.46. The fraction of sp³-hybridized carbons (Fsp3) is 0.632. The van der Waals surface area contributed by atoms with Crippen molar-refractivity contribution in [3.05, 3.63) is 29.3 Å². The van der Waals surface area contributed by atoms with Crippen molar-refractivity contribution in [1.29, 1.82) is 0 Å². The number of sulfonamides is 1. The molecule has 1 amide bonds. The molecule has 7 heteroatoms. The average Bonchev–Trinajstić information content (AvgIpc) is 3.23.